The van der Waals surface area contributed by atoms with E-state index in [-0.39, 0.29) is 5.82 Å². The van der Waals surface area contributed by atoms with E-state index in [0.29, 0.717) is 5.65 Å². The van der Waals surface area contributed by atoms with Crippen molar-refractivity contribution < 1.29 is 4.39 Å². The minimum Gasteiger partial charge on any atom is -0.304 e. The Kier molecular flexibility index (Phi) is 1.57. The quantitative estimate of drug-likeness (QED) is 0.630. The Morgan fingerprint density at radius 2 is 2.42 bits per heavy atom. The molecule has 0 atom stereocenters. The molecule has 3 heteroatoms. The van der Waals surface area contributed by atoms with Crippen LogP contribution < -0.4 is 0 Å². The van der Waals surface area contributed by atoms with Crippen LogP contribution in [-0.4, -0.2) is 9.38 Å². The summed E-state index contributed by atoms with van der Waals surface area (Å²) in [4.78, 5) is 3.88. The van der Waals surface area contributed by atoms with E-state index in [4.69, 9.17) is 0 Å². The van der Waals surface area contributed by atoms with Crippen LogP contribution in [-0.2, 0) is 6.42 Å². The first-order valence-electron chi connectivity index (χ1n) is 3.92. The van der Waals surface area contributed by atoms with Gasteiger partial charge in [0.15, 0.2) is 11.5 Å². The molecule has 0 bridgehead atoms. The summed E-state index contributed by atoms with van der Waals surface area (Å²) in [7, 11) is 0. The van der Waals surface area contributed by atoms with Crippen LogP contribution >= 0.6 is 0 Å². The van der Waals surface area contributed by atoms with Crippen molar-refractivity contribution in [3.05, 3.63) is 36.0 Å². The van der Waals surface area contributed by atoms with E-state index in [0.717, 1.165) is 12.0 Å². The van der Waals surface area contributed by atoms with Gasteiger partial charge >= 0.3 is 0 Å². The predicted molar refractivity (Wildman–Crippen MR) is 44.5 cm³/mol. The fraction of sp³-hybridized carbons (Fsp3) is 0.222. The number of aromatic nitrogens is 2. The molecule has 0 aliphatic heterocycles. The molecule has 0 radical (unpaired) electrons. The zero-order chi connectivity index (χ0) is 8.55. The van der Waals surface area contributed by atoms with Crippen molar-refractivity contribution in [3.8, 4) is 0 Å². The van der Waals surface area contributed by atoms with Crippen LogP contribution in [0.2, 0.25) is 0 Å². The van der Waals surface area contributed by atoms with Crippen LogP contribution in [0.15, 0.2) is 24.7 Å². The lowest BCUT2D eigenvalue weighted by atomic mass is 10.2. The molecule has 0 aliphatic rings. The highest BCUT2D eigenvalue weighted by Gasteiger charge is 2.02. The minimum absolute atomic E-state index is 0.251. The Labute approximate surface area is 69.7 Å². The molecule has 2 aromatic heterocycles. The van der Waals surface area contributed by atoms with Crippen LogP contribution in [0.3, 0.4) is 0 Å². The molecule has 2 nitrogen and oxygen atoms in total. The molecule has 0 aliphatic carbocycles. The van der Waals surface area contributed by atoms with Crippen LogP contribution in [0.1, 0.15) is 12.5 Å². The van der Waals surface area contributed by atoms with E-state index in [2.05, 4.69) is 4.98 Å². The number of nitrogens with zero attached hydrogens (tertiary/aromatic N) is 2. The van der Waals surface area contributed by atoms with Crippen molar-refractivity contribution in [3.63, 3.8) is 0 Å². The number of halogens is 1. The maximum absolute atomic E-state index is 13.2. The molecule has 0 unspecified atom stereocenters. The molecule has 2 aromatic rings. The first-order chi connectivity index (χ1) is 5.81. The van der Waals surface area contributed by atoms with Gasteiger partial charge in [0, 0.05) is 18.6 Å². The van der Waals surface area contributed by atoms with Crippen molar-refractivity contribution in [1.29, 1.82) is 0 Å². The first kappa shape index (κ1) is 7.28. The molecule has 12 heavy (non-hydrogen) atoms. The number of aryl methyl sites for hydroxylation is 1. The molecule has 0 fully saturated rings. The zero-order valence-corrected chi connectivity index (χ0v) is 6.79. The van der Waals surface area contributed by atoms with E-state index in [1.54, 1.807) is 16.8 Å². The van der Waals surface area contributed by atoms with E-state index in [1.807, 2.05) is 13.1 Å². The average molecular weight is 164 g/mol. The number of fused-ring (bicyclic) bond motifs is 1. The van der Waals surface area contributed by atoms with Gasteiger partial charge < -0.3 is 4.40 Å². The van der Waals surface area contributed by atoms with E-state index >= 15 is 0 Å². The standard InChI is InChI=1S/C9H9FN2/c1-2-7-5-8(10)9-11-3-4-12(9)6-7/h3-6H,2H2,1H3. The van der Waals surface area contributed by atoms with Gasteiger partial charge in [-0.25, -0.2) is 9.37 Å². The lowest BCUT2D eigenvalue weighted by Crippen LogP contribution is -1.91. The average Bonchev–Trinajstić information content (AvgIpc) is 2.52. The Balaban J connectivity index is 2.75. The van der Waals surface area contributed by atoms with Crippen LogP contribution in [0, 0.1) is 5.82 Å². The van der Waals surface area contributed by atoms with Gasteiger partial charge in [0.2, 0.25) is 0 Å². The van der Waals surface area contributed by atoms with Crippen molar-refractivity contribution >= 4 is 5.65 Å². The Morgan fingerprint density at radius 3 is 3.17 bits per heavy atom. The second kappa shape index (κ2) is 2.59. The summed E-state index contributed by atoms with van der Waals surface area (Å²) in [6, 6.07) is 1.53. The van der Waals surface area contributed by atoms with E-state index in [1.165, 1.54) is 6.07 Å². The van der Waals surface area contributed by atoms with Crippen molar-refractivity contribution in [1.82, 2.24) is 9.38 Å². The number of pyridine rings is 1. The van der Waals surface area contributed by atoms with Crippen molar-refractivity contribution in [2.24, 2.45) is 0 Å². The predicted octanol–water partition coefficient (Wildman–Crippen LogP) is 2.04. The molecule has 0 spiro atoms. The summed E-state index contributed by atoms with van der Waals surface area (Å²) in [5.41, 5.74) is 1.38. The van der Waals surface area contributed by atoms with Crippen molar-refractivity contribution in [2.45, 2.75) is 13.3 Å². The van der Waals surface area contributed by atoms with Gasteiger partial charge in [-0.15, -0.1) is 0 Å². The largest absolute Gasteiger partial charge is 0.304 e. The van der Waals surface area contributed by atoms with Gasteiger partial charge in [-0.2, -0.15) is 0 Å². The smallest absolute Gasteiger partial charge is 0.173 e. The van der Waals surface area contributed by atoms with Gasteiger partial charge in [-0.3, -0.25) is 0 Å². The molecule has 2 rings (SSSR count). The summed E-state index contributed by atoms with van der Waals surface area (Å²) in [5.74, 6) is -0.251. The summed E-state index contributed by atoms with van der Waals surface area (Å²) in [5, 5.41) is 0. The molecule has 0 N–H and O–H groups in total. The number of hydrogen-bond donors (Lipinski definition) is 0. The Bertz CT molecular complexity index is 406. The fourth-order valence-corrected chi connectivity index (χ4v) is 1.24. The summed E-state index contributed by atoms with van der Waals surface area (Å²) in [6.07, 6.45) is 6.08. The number of hydrogen-bond acceptors (Lipinski definition) is 1. The highest BCUT2D eigenvalue weighted by atomic mass is 19.1. The van der Waals surface area contributed by atoms with Crippen LogP contribution in [0.25, 0.3) is 5.65 Å². The topological polar surface area (TPSA) is 17.3 Å². The molecular formula is C9H9FN2. The van der Waals surface area contributed by atoms with Gasteiger partial charge in [-0.1, -0.05) is 6.92 Å². The van der Waals surface area contributed by atoms with Gasteiger partial charge in [-0.05, 0) is 18.1 Å². The minimum atomic E-state index is -0.251. The third-order valence-electron chi connectivity index (χ3n) is 1.91. The molecule has 2 heterocycles. The maximum Gasteiger partial charge on any atom is 0.173 e. The van der Waals surface area contributed by atoms with Gasteiger partial charge in [0.05, 0.1) is 0 Å². The molecule has 0 saturated heterocycles. The summed E-state index contributed by atoms with van der Waals surface area (Å²) >= 11 is 0. The molecule has 0 aromatic carbocycles. The number of imidazole rings is 1. The SMILES string of the molecule is CCc1cc(F)c2nccn2c1. The fourth-order valence-electron chi connectivity index (χ4n) is 1.24. The van der Waals surface area contributed by atoms with Gasteiger partial charge in [0.1, 0.15) is 0 Å². The normalized spacial score (nSPS) is 10.8. The molecular weight excluding hydrogens is 155 g/mol. The Hall–Kier alpha value is -1.38. The van der Waals surface area contributed by atoms with Crippen molar-refractivity contribution in [2.75, 3.05) is 0 Å². The first-order valence-corrected chi connectivity index (χ1v) is 3.92. The number of rotatable bonds is 1. The van der Waals surface area contributed by atoms with Gasteiger partial charge in [0.25, 0.3) is 0 Å². The highest BCUT2D eigenvalue weighted by molar-refractivity contribution is 5.41. The second-order valence-corrected chi connectivity index (χ2v) is 2.71. The van der Waals surface area contributed by atoms with E-state index < -0.39 is 0 Å². The zero-order valence-electron chi connectivity index (χ0n) is 6.79. The maximum atomic E-state index is 13.2. The van der Waals surface area contributed by atoms with Crippen LogP contribution in [0.5, 0.6) is 0 Å². The van der Waals surface area contributed by atoms with E-state index in [9.17, 15) is 4.39 Å². The molecule has 0 saturated carbocycles. The molecule has 62 valence electrons. The Morgan fingerprint density at radius 1 is 1.58 bits per heavy atom. The lowest BCUT2D eigenvalue weighted by Gasteiger charge is -1.99. The third kappa shape index (κ3) is 0.978. The van der Waals surface area contributed by atoms with Crippen LogP contribution in [0.4, 0.5) is 4.39 Å². The summed E-state index contributed by atoms with van der Waals surface area (Å²) < 4.78 is 14.9. The summed E-state index contributed by atoms with van der Waals surface area (Å²) in [6.45, 7) is 2.00. The third-order valence-corrected chi connectivity index (χ3v) is 1.91. The highest BCUT2D eigenvalue weighted by Crippen LogP contribution is 2.10. The second-order valence-electron chi connectivity index (χ2n) is 2.71. The lowest BCUT2D eigenvalue weighted by molar-refractivity contribution is 0.627. The monoisotopic (exact) mass is 164 g/mol. The molecule has 0 amide bonds.